The van der Waals surface area contributed by atoms with E-state index < -0.39 is 16.1 Å². The maximum atomic E-state index is 13.3. The zero-order valence-electron chi connectivity index (χ0n) is 22.4. The number of piperazine rings is 1. The number of aromatic nitrogens is 1. The van der Waals surface area contributed by atoms with E-state index in [0.29, 0.717) is 22.9 Å². The van der Waals surface area contributed by atoms with Gasteiger partial charge < -0.3 is 14.5 Å². The Morgan fingerprint density at radius 2 is 1.79 bits per heavy atom. The average Bonchev–Trinajstić information content (AvgIpc) is 2.93. The normalized spacial score (nSPS) is 15.4. The second-order valence-electron chi connectivity index (χ2n) is 9.88. The largest absolute Gasteiger partial charge is 0.457 e. The highest BCUT2D eigenvalue weighted by Crippen LogP contribution is 2.33. The van der Waals surface area contributed by atoms with Gasteiger partial charge in [0.15, 0.2) is 0 Å². The van der Waals surface area contributed by atoms with E-state index in [1.54, 1.807) is 43.5 Å². The topological polar surface area (TPSA) is 74.8 Å². The molecule has 0 saturated carbocycles. The molecule has 1 N–H and O–H groups in total. The summed E-state index contributed by atoms with van der Waals surface area (Å²) in [5, 5.41) is 2.16. The summed E-state index contributed by atoms with van der Waals surface area (Å²) in [6.07, 6.45) is 2.30. The maximum Gasteiger partial charge on any atom is 0.241 e. The molecule has 2 heterocycles. The van der Waals surface area contributed by atoms with E-state index in [1.807, 2.05) is 31.2 Å². The second kappa shape index (κ2) is 11.5. The van der Waals surface area contributed by atoms with Crippen molar-refractivity contribution in [1.29, 1.82) is 0 Å². The van der Waals surface area contributed by atoms with Crippen LogP contribution >= 0.6 is 11.6 Å². The van der Waals surface area contributed by atoms with Crippen LogP contribution in [-0.2, 0) is 16.4 Å². The van der Waals surface area contributed by atoms with Crippen LogP contribution in [0.25, 0.3) is 10.8 Å². The maximum absolute atomic E-state index is 13.3. The number of hydrogen-bond acceptors (Lipinski definition) is 6. The summed E-state index contributed by atoms with van der Waals surface area (Å²) in [4.78, 5) is 9.42. The highest BCUT2D eigenvalue weighted by Gasteiger charge is 2.23. The Morgan fingerprint density at radius 3 is 2.56 bits per heavy atom. The fraction of sp³-hybridized carbons (Fsp3) is 0.300. The molecule has 0 bridgehead atoms. The molecule has 1 aromatic heterocycles. The van der Waals surface area contributed by atoms with Crippen LogP contribution in [0.5, 0.6) is 11.5 Å². The number of benzene rings is 3. The van der Waals surface area contributed by atoms with Crippen molar-refractivity contribution < 1.29 is 13.2 Å². The van der Waals surface area contributed by atoms with Crippen molar-refractivity contribution in [3.05, 3.63) is 89.2 Å². The third-order valence-electron chi connectivity index (χ3n) is 7.16. The molecule has 39 heavy (non-hydrogen) atoms. The van der Waals surface area contributed by atoms with Crippen molar-refractivity contribution >= 4 is 38.1 Å². The number of rotatable bonds is 8. The molecular formula is C30H33ClN4O3S. The summed E-state index contributed by atoms with van der Waals surface area (Å²) in [5.41, 5.74) is 2.63. The SMILES string of the molecule is CCc1c(Oc2cccc(N3CCN(C)CC3)c2)ccnc1C(C)NS(=O)(=O)c1ccc2c(Cl)cccc2c1. The number of nitrogens with one attached hydrogen (secondary N) is 1. The van der Waals surface area contributed by atoms with Crippen molar-refractivity contribution in [3.63, 3.8) is 0 Å². The predicted molar refractivity (Wildman–Crippen MR) is 158 cm³/mol. The zero-order valence-corrected chi connectivity index (χ0v) is 24.0. The molecule has 1 aliphatic rings. The van der Waals surface area contributed by atoms with Crippen LogP contribution in [0.4, 0.5) is 5.69 Å². The van der Waals surface area contributed by atoms with Crippen LogP contribution in [0.1, 0.15) is 31.1 Å². The van der Waals surface area contributed by atoms with Crippen LogP contribution in [0, 0.1) is 0 Å². The van der Waals surface area contributed by atoms with Gasteiger partial charge in [-0.1, -0.05) is 42.8 Å². The first-order valence-electron chi connectivity index (χ1n) is 13.1. The molecule has 1 unspecified atom stereocenters. The van der Waals surface area contributed by atoms with E-state index in [4.69, 9.17) is 16.3 Å². The molecule has 0 spiro atoms. The van der Waals surface area contributed by atoms with Gasteiger partial charge in [-0.15, -0.1) is 0 Å². The lowest BCUT2D eigenvalue weighted by molar-refractivity contribution is 0.313. The van der Waals surface area contributed by atoms with E-state index in [-0.39, 0.29) is 4.90 Å². The van der Waals surface area contributed by atoms with Crippen LogP contribution in [0.2, 0.25) is 5.02 Å². The van der Waals surface area contributed by atoms with Gasteiger partial charge in [0.1, 0.15) is 11.5 Å². The van der Waals surface area contributed by atoms with Crippen LogP contribution in [-0.4, -0.2) is 51.5 Å². The standard InChI is InChI=1S/C30H33ClN4O3S/c1-4-26-29(38-24-9-6-8-23(20-24)35-17-15-34(3)16-18-35)13-14-32-30(26)21(2)33-39(36,37)25-11-12-27-22(19-25)7-5-10-28(27)31/h5-14,19-21,33H,4,15-18H2,1-3H3. The molecule has 0 amide bonds. The lowest BCUT2D eigenvalue weighted by atomic mass is 10.1. The number of fused-ring (bicyclic) bond motifs is 1. The highest BCUT2D eigenvalue weighted by atomic mass is 35.5. The van der Waals surface area contributed by atoms with Crippen LogP contribution in [0.15, 0.2) is 77.8 Å². The van der Waals surface area contributed by atoms with Crippen LogP contribution < -0.4 is 14.4 Å². The lowest BCUT2D eigenvalue weighted by Crippen LogP contribution is -2.44. The minimum Gasteiger partial charge on any atom is -0.457 e. The summed E-state index contributed by atoms with van der Waals surface area (Å²) >= 11 is 6.26. The quantitative estimate of drug-likeness (QED) is 0.281. The second-order valence-corrected chi connectivity index (χ2v) is 12.0. The number of ether oxygens (including phenoxy) is 1. The number of likely N-dealkylation sites (N-methyl/N-ethyl adjacent to an activating group) is 1. The Kier molecular flexibility index (Phi) is 8.09. The molecule has 0 aliphatic carbocycles. The molecule has 9 heteroatoms. The van der Waals surface area contributed by atoms with Crippen molar-refractivity contribution in [2.24, 2.45) is 0 Å². The fourth-order valence-corrected chi connectivity index (χ4v) is 6.48. The molecule has 3 aromatic carbocycles. The zero-order chi connectivity index (χ0) is 27.6. The van der Waals surface area contributed by atoms with Gasteiger partial charge in [-0.05, 0) is 62.2 Å². The Labute approximate surface area is 235 Å². The summed E-state index contributed by atoms with van der Waals surface area (Å²) in [6.45, 7) is 7.82. The number of anilines is 1. The van der Waals surface area contributed by atoms with Crippen molar-refractivity contribution in [3.8, 4) is 11.5 Å². The molecule has 4 aromatic rings. The van der Waals surface area contributed by atoms with E-state index in [1.165, 1.54) is 0 Å². The first kappa shape index (κ1) is 27.4. The van der Waals surface area contributed by atoms with Gasteiger partial charge >= 0.3 is 0 Å². The number of nitrogens with zero attached hydrogens (tertiary/aromatic N) is 3. The minimum absolute atomic E-state index is 0.176. The number of sulfonamides is 1. The molecule has 5 rings (SSSR count). The Morgan fingerprint density at radius 1 is 1.03 bits per heavy atom. The van der Waals surface area contributed by atoms with Gasteiger partial charge in [0, 0.05) is 60.1 Å². The molecule has 204 valence electrons. The molecule has 1 aliphatic heterocycles. The van der Waals surface area contributed by atoms with Crippen molar-refractivity contribution in [2.75, 3.05) is 38.1 Å². The number of pyridine rings is 1. The third kappa shape index (κ3) is 6.04. The summed E-state index contributed by atoms with van der Waals surface area (Å²) in [6, 6.07) is 19.8. The monoisotopic (exact) mass is 564 g/mol. The predicted octanol–water partition coefficient (Wildman–Crippen LogP) is 6.03. The minimum atomic E-state index is -3.81. The summed E-state index contributed by atoms with van der Waals surface area (Å²) < 4.78 is 35.8. The molecule has 1 saturated heterocycles. The van der Waals surface area contributed by atoms with E-state index in [9.17, 15) is 8.42 Å². The molecule has 1 atom stereocenters. The Hall–Kier alpha value is -3.17. The van der Waals surface area contributed by atoms with Crippen molar-refractivity contribution in [1.82, 2.24) is 14.6 Å². The average molecular weight is 565 g/mol. The summed E-state index contributed by atoms with van der Waals surface area (Å²) in [5.74, 6) is 1.41. The van der Waals surface area contributed by atoms with Gasteiger partial charge in [0.2, 0.25) is 10.0 Å². The van der Waals surface area contributed by atoms with Crippen molar-refractivity contribution in [2.45, 2.75) is 31.2 Å². The number of hydrogen-bond donors (Lipinski definition) is 1. The Balaban J connectivity index is 1.37. The van der Waals surface area contributed by atoms with Gasteiger partial charge in [0.25, 0.3) is 0 Å². The van der Waals surface area contributed by atoms with Gasteiger partial charge in [-0.3, -0.25) is 4.98 Å². The molecule has 7 nitrogen and oxygen atoms in total. The summed E-state index contributed by atoms with van der Waals surface area (Å²) in [7, 11) is -1.67. The number of halogens is 1. The Bertz CT molecular complexity index is 1590. The van der Waals surface area contributed by atoms with E-state index in [2.05, 4.69) is 38.7 Å². The van der Waals surface area contributed by atoms with Gasteiger partial charge in [0.05, 0.1) is 16.6 Å². The first-order chi connectivity index (χ1) is 18.7. The smallest absolute Gasteiger partial charge is 0.241 e. The molecular weight excluding hydrogens is 532 g/mol. The lowest BCUT2D eigenvalue weighted by Gasteiger charge is -2.34. The fourth-order valence-electron chi connectivity index (χ4n) is 5.00. The van der Waals surface area contributed by atoms with Gasteiger partial charge in [-0.2, -0.15) is 0 Å². The molecule has 0 radical (unpaired) electrons. The van der Waals surface area contributed by atoms with E-state index in [0.717, 1.165) is 54.0 Å². The van der Waals surface area contributed by atoms with E-state index >= 15 is 0 Å². The molecule has 1 fully saturated rings. The van der Waals surface area contributed by atoms with Crippen LogP contribution in [0.3, 0.4) is 0 Å². The first-order valence-corrected chi connectivity index (χ1v) is 15.0. The van der Waals surface area contributed by atoms with Gasteiger partial charge in [-0.25, -0.2) is 13.1 Å². The highest BCUT2D eigenvalue weighted by molar-refractivity contribution is 7.89. The third-order valence-corrected chi connectivity index (χ3v) is 9.03.